The minimum absolute atomic E-state index is 0.644. The van der Waals surface area contributed by atoms with Crippen LogP contribution >= 0.6 is 0 Å². The summed E-state index contributed by atoms with van der Waals surface area (Å²) >= 11 is 0. The maximum absolute atomic E-state index is 3.46. The number of hydrogen-bond donors (Lipinski definition) is 3. The van der Waals surface area contributed by atoms with Gasteiger partial charge in [0, 0.05) is 38.3 Å². The summed E-state index contributed by atoms with van der Waals surface area (Å²) in [6, 6.07) is 1.29. The molecular formula is C12H29N3. The van der Waals surface area contributed by atoms with Crippen LogP contribution < -0.4 is 16.0 Å². The van der Waals surface area contributed by atoms with E-state index in [4.69, 9.17) is 0 Å². The molecule has 0 saturated carbocycles. The number of nitrogens with one attached hydrogen (secondary N) is 3. The van der Waals surface area contributed by atoms with E-state index in [0.717, 1.165) is 26.2 Å². The molecule has 0 heterocycles. The molecule has 0 aromatic carbocycles. The lowest BCUT2D eigenvalue weighted by Crippen LogP contribution is -2.37. The van der Waals surface area contributed by atoms with Gasteiger partial charge in [-0.3, -0.25) is 0 Å². The van der Waals surface area contributed by atoms with E-state index in [0.29, 0.717) is 12.1 Å². The van der Waals surface area contributed by atoms with Crippen LogP contribution in [0.4, 0.5) is 0 Å². The molecule has 0 aliphatic rings. The van der Waals surface area contributed by atoms with Crippen molar-refractivity contribution in [2.75, 3.05) is 26.2 Å². The summed E-state index contributed by atoms with van der Waals surface area (Å²) in [7, 11) is 0. The monoisotopic (exact) mass is 215 g/mol. The second-order valence-corrected chi connectivity index (χ2v) is 4.28. The Hall–Kier alpha value is -0.120. The second kappa shape index (κ2) is 10.4. The highest BCUT2D eigenvalue weighted by atomic mass is 15.0. The molecule has 0 spiro atoms. The first-order chi connectivity index (χ1) is 7.20. The fourth-order valence-corrected chi connectivity index (χ4v) is 1.23. The van der Waals surface area contributed by atoms with Crippen LogP contribution in [0.15, 0.2) is 0 Å². The maximum Gasteiger partial charge on any atom is 0.00792 e. The van der Waals surface area contributed by atoms with Crippen LogP contribution in [0.2, 0.25) is 0 Å². The van der Waals surface area contributed by atoms with Gasteiger partial charge in [-0.15, -0.1) is 0 Å². The van der Waals surface area contributed by atoms with E-state index in [1.165, 1.54) is 12.8 Å². The molecule has 0 aromatic heterocycles. The highest BCUT2D eigenvalue weighted by molar-refractivity contribution is 4.61. The van der Waals surface area contributed by atoms with Gasteiger partial charge < -0.3 is 16.0 Å². The van der Waals surface area contributed by atoms with E-state index in [1.54, 1.807) is 0 Å². The van der Waals surface area contributed by atoms with E-state index in [1.807, 2.05) is 0 Å². The van der Waals surface area contributed by atoms with Crippen LogP contribution in [-0.2, 0) is 0 Å². The molecule has 0 aromatic rings. The fraction of sp³-hybridized carbons (Fsp3) is 1.00. The van der Waals surface area contributed by atoms with Crippen molar-refractivity contribution in [1.82, 2.24) is 16.0 Å². The molecule has 0 aliphatic heterocycles. The largest absolute Gasteiger partial charge is 0.314 e. The molecule has 2 unspecified atom stereocenters. The summed E-state index contributed by atoms with van der Waals surface area (Å²) in [5, 5.41) is 10.3. The first-order valence-electron chi connectivity index (χ1n) is 6.38. The van der Waals surface area contributed by atoms with Crippen molar-refractivity contribution in [3.8, 4) is 0 Å². The Morgan fingerprint density at radius 3 is 1.47 bits per heavy atom. The van der Waals surface area contributed by atoms with E-state index in [2.05, 4.69) is 43.6 Å². The van der Waals surface area contributed by atoms with Gasteiger partial charge in [-0.25, -0.2) is 0 Å². The summed E-state index contributed by atoms with van der Waals surface area (Å²) in [6.45, 7) is 13.1. The van der Waals surface area contributed by atoms with Crippen molar-refractivity contribution >= 4 is 0 Å². The Labute approximate surface area is 95.4 Å². The highest BCUT2D eigenvalue weighted by Crippen LogP contribution is 1.86. The Bertz CT molecular complexity index is 114. The summed E-state index contributed by atoms with van der Waals surface area (Å²) in [4.78, 5) is 0. The molecule has 0 bridgehead atoms. The van der Waals surface area contributed by atoms with E-state index >= 15 is 0 Å². The lowest BCUT2D eigenvalue weighted by molar-refractivity contribution is 0.494. The summed E-state index contributed by atoms with van der Waals surface area (Å²) < 4.78 is 0. The molecular weight excluding hydrogens is 186 g/mol. The average Bonchev–Trinajstić information content (AvgIpc) is 2.26. The zero-order chi connectivity index (χ0) is 11.5. The first kappa shape index (κ1) is 14.9. The maximum atomic E-state index is 3.46. The SMILES string of the molecule is CCC(C)NCCNCCNC(C)CC. The quantitative estimate of drug-likeness (QED) is 0.482. The van der Waals surface area contributed by atoms with Gasteiger partial charge >= 0.3 is 0 Å². The molecule has 0 fully saturated rings. The van der Waals surface area contributed by atoms with Gasteiger partial charge in [-0.1, -0.05) is 13.8 Å². The minimum Gasteiger partial charge on any atom is -0.314 e. The third-order valence-electron chi connectivity index (χ3n) is 2.81. The minimum atomic E-state index is 0.644. The van der Waals surface area contributed by atoms with Gasteiger partial charge in [0.15, 0.2) is 0 Å². The highest BCUT2D eigenvalue weighted by Gasteiger charge is 1.97. The van der Waals surface area contributed by atoms with E-state index in [9.17, 15) is 0 Å². The third kappa shape index (κ3) is 10.2. The van der Waals surface area contributed by atoms with E-state index in [-0.39, 0.29) is 0 Å². The molecule has 0 rings (SSSR count). The van der Waals surface area contributed by atoms with Gasteiger partial charge in [0.1, 0.15) is 0 Å². The van der Waals surface area contributed by atoms with Gasteiger partial charge in [0.25, 0.3) is 0 Å². The molecule has 92 valence electrons. The smallest absolute Gasteiger partial charge is 0.00792 e. The summed E-state index contributed by atoms with van der Waals surface area (Å²) in [5.74, 6) is 0. The van der Waals surface area contributed by atoms with Crippen LogP contribution in [0.25, 0.3) is 0 Å². The van der Waals surface area contributed by atoms with Gasteiger partial charge in [0.2, 0.25) is 0 Å². The summed E-state index contributed by atoms with van der Waals surface area (Å²) in [6.07, 6.45) is 2.41. The molecule has 3 nitrogen and oxygen atoms in total. The molecule has 2 atom stereocenters. The zero-order valence-corrected chi connectivity index (χ0v) is 10.9. The van der Waals surface area contributed by atoms with Crippen LogP contribution in [0.1, 0.15) is 40.5 Å². The fourth-order valence-electron chi connectivity index (χ4n) is 1.23. The zero-order valence-electron chi connectivity index (χ0n) is 10.9. The molecule has 0 radical (unpaired) electrons. The van der Waals surface area contributed by atoms with Crippen LogP contribution in [-0.4, -0.2) is 38.3 Å². The van der Waals surface area contributed by atoms with Crippen molar-refractivity contribution in [2.24, 2.45) is 0 Å². The van der Waals surface area contributed by atoms with Gasteiger partial charge in [-0.2, -0.15) is 0 Å². The van der Waals surface area contributed by atoms with Gasteiger partial charge in [0.05, 0.1) is 0 Å². The number of rotatable bonds is 10. The van der Waals surface area contributed by atoms with Crippen molar-refractivity contribution < 1.29 is 0 Å². The predicted octanol–water partition coefficient (Wildman–Crippen LogP) is 1.35. The van der Waals surface area contributed by atoms with Crippen molar-refractivity contribution in [2.45, 2.75) is 52.6 Å². The predicted molar refractivity (Wildman–Crippen MR) is 68.4 cm³/mol. The average molecular weight is 215 g/mol. The van der Waals surface area contributed by atoms with Crippen molar-refractivity contribution in [1.29, 1.82) is 0 Å². The van der Waals surface area contributed by atoms with Crippen LogP contribution in [0.3, 0.4) is 0 Å². The molecule has 0 amide bonds. The lowest BCUT2D eigenvalue weighted by Gasteiger charge is -2.13. The standard InChI is InChI=1S/C12H29N3/c1-5-11(3)14-9-7-13-8-10-15-12(4)6-2/h11-15H,5-10H2,1-4H3. The second-order valence-electron chi connectivity index (χ2n) is 4.28. The Balaban J connectivity index is 3.05. The first-order valence-corrected chi connectivity index (χ1v) is 6.38. The molecule has 3 N–H and O–H groups in total. The lowest BCUT2D eigenvalue weighted by atomic mass is 10.2. The van der Waals surface area contributed by atoms with Crippen molar-refractivity contribution in [3.05, 3.63) is 0 Å². The molecule has 3 heteroatoms. The molecule has 0 aliphatic carbocycles. The Morgan fingerprint density at radius 2 is 1.13 bits per heavy atom. The van der Waals surface area contributed by atoms with Gasteiger partial charge in [-0.05, 0) is 26.7 Å². The summed E-state index contributed by atoms with van der Waals surface area (Å²) in [5.41, 5.74) is 0. The Kier molecular flexibility index (Phi) is 10.3. The topological polar surface area (TPSA) is 36.1 Å². The van der Waals surface area contributed by atoms with E-state index < -0.39 is 0 Å². The number of hydrogen-bond acceptors (Lipinski definition) is 3. The Morgan fingerprint density at radius 1 is 0.733 bits per heavy atom. The third-order valence-corrected chi connectivity index (χ3v) is 2.81. The molecule has 15 heavy (non-hydrogen) atoms. The molecule has 0 saturated heterocycles. The van der Waals surface area contributed by atoms with Crippen LogP contribution in [0, 0.1) is 0 Å². The van der Waals surface area contributed by atoms with Crippen LogP contribution in [0.5, 0.6) is 0 Å². The normalized spacial score (nSPS) is 15.2. The van der Waals surface area contributed by atoms with Crippen molar-refractivity contribution in [3.63, 3.8) is 0 Å².